The average Bonchev–Trinajstić information content (AvgIpc) is 2.40. The van der Waals surface area contributed by atoms with Crippen molar-refractivity contribution in [3.8, 4) is 0 Å². The van der Waals surface area contributed by atoms with E-state index < -0.39 is 24.9 Å². The fourth-order valence-electron chi connectivity index (χ4n) is 2.53. The van der Waals surface area contributed by atoms with Gasteiger partial charge in [0.2, 0.25) is 0 Å². The van der Waals surface area contributed by atoms with E-state index in [9.17, 15) is 15.3 Å². The van der Waals surface area contributed by atoms with Crippen LogP contribution in [-0.2, 0) is 6.54 Å². The first-order valence-electron chi connectivity index (χ1n) is 6.06. The van der Waals surface area contributed by atoms with Gasteiger partial charge in [-0.25, -0.2) is 0 Å². The predicted octanol–water partition coefficient (Wildman–Crippen LogP) is -1.05. The minimum atomic E-state index is -0.994. The van der Waals surface area contributed by atoms with E-state index in [0.29, 0.717) is 6.54 Å². The molecule has 0 bridgehead atoms. The normalized spacial score (nSPS) is 29.9. The third-order valence-corrected chi connectivity index (χ3v) is 3.53. The van der Waals surface area contributed by atoms with Gasteiger partial charge in [0.1, 0.15) is 0 Å². The van der Waals surface area contributed by atoms with Crippen molar-refractivity contribution in [1.29, 1.82) is 0 Å². The molecule has 0 aliphatic carbocycles. The molecular weight excluding hydrogens is 234 g/mol. The number of hydrogen-bond donors (Lipinski definition) is 4. The molecule has 1 aliphatic rings. The lowest BCUT2D eigenvalue weighted by Crippen LogP contribution is -2.72. The third-order valence-electron chi connectivity index (χ3n) is 3.53. The molecule has 0 unspecified atom stereocenters. The van der Waals surface area contributed by atoms with Gasteiger partial charge >= 0.3 is 0 Å². The monoisotopic (exact) mass is 253 g/mol. The first-order valence-corrected chi connectivity index (χ1v) is 6.06. The van der Waals surface area contributed by atoms with Crippen LogP contribution in [0.5, 0.6) is 0 Å². The summed E-state index contributed by atoms with van der Waals surface area (Å²) in [5, 5.41) is 37.7. The number of aliphatic hydroxyl groups excluding tert-OH is 4. The maximum Gasteiger partial charge on any atom is 0.0951 e. The first-order chi connectivity index (χ1) is 8.69. The predicted molar refractivity (Wildman–Crippen MR) is 65.7 cm³/mol. The first kappa shape index (κ1) is 13.5. The van der Waals surface area contributed by atoms with Crippen molar-refractivity contribution >= 4 is 0 Å². The van der Waals surface area contributed by atoms with Gasteiger partial charge in [0, 0.05) is 6.54 Å². The largest absolute Gasteiger partial charge is 0.395 e. The second-order valence-electron chi connectivity index (χ2n) is 4.64. The van der Waals surface area contributed by atoms with E-state index in [2.05, 4.69) is 0 Å². The number of benzene rings is 1. The van der Waals surface area contributed by atoms with Crippen molar-refractivity contribution in [1.82, 2.24) is 4.90 Å². The number of likely N-dealkylation sites (tertiary alicyclic amines) is 1. The smallest absolute Gasteiger partial charge is 0.0951 e. The topological polar surface area (TPSA) is 84.2 Å². The Morgan fingerprint density at radius 2 is 1.83 bits per heavy atom. The van der Waals surface area contributed by atoms with E-state index in [0.717, 1.165) is 5.56 Å². The van der Waals surface area contributed by atoms with Gasteiger partial charge in [-0.2, -0.15) is 0 Å². The zero-order valence-corrected chi connectivity index (χ0v) is 10.1. The van der Waals surface area contributed by atoms with Crippen LogP contribution in [0.1, 0.15) is 5.56 Å². The summed E-state index contributed by atoms with van der Waals surface area (Å²) in [5.41, 5.74) is 1.04. The highest BCUT2D eigenvalue weighted by molar-refractivity contribution is 5.17. The summed E-state index contributed by atoms with van der Waals surface area (Å²) in [6, 6.07) is 8.73. The fourth-order valence-corrected chi connectivity index (χ4v) is 2.53. The standard InChI is InChI=1S/C13H19NO4/c15-7-10-13(18)12(11(17)8-16)14(10)6-9-4-2-1-3-5-9/h1-5,10-13,15-18H,6-8H2/t10-,11-,12+,13+/m1/s1. The molecule has 0 spiro atoms. The molecule has 0 aromatic heterocycles. The number of nitrogens with zero attached hydrogens (tertiary/aromatic N) is 1. The zero-order valence-electron chi connectivity index (χ0n) is 10.1. The Balaban J connectivity index is 2.08. The number of rotatable bonds is 5. The molecule has 18 heavy (non-hydrogen) atoms. The molecule has 1 saturated heterocycles. The Bertz CT molecular complexity index is 373. The molecular formula is C13H19NO4. The Kier molecular flexibility index (Phi) is 4.31. The van der Waals surface area contributed by atoms with E-state index >= 15 is 0 Å². The highest BCUT2D eigenvalue weighted by atomic mass is 16.3. The lowest BCUT2D eigenvalue weighted by Gasteiger charge is -2.53. The van der Waals surface area contributed by atoms with E-state index in [1.165, 1.54) is 0 Å². The van der Waals surface area contributed by atoms with Crippen LogP contribution in [0.4, 0.5) is 0 Å². The number of aliphatic hydroxyl groups is 4. The highest BCUT2D eigenvalue weighted by Gasteiger charge is 2.50. The molecule has 5 nitrogen and oxygen atoms in total. The Hall–Kier alpha value is -0.980. The molecule has 5 heteroatoms. The summed E-state index contributed by atoms with van der Waals surface area (Å²) in [6.07, 6.45) is -1.80. The lowest BCUT2D eigenvalue weighted by molar-refractivity contribution is -0.180. The molecule has 4 N–H and O–H groups in total. The summed E-state index contributed by atoms with van der Waals surface area (Å²) in [5.74, 6) is 0. The van der Waals surface area contributed by atoms with Gasteiger partial charge in [-0.15, -0.1) is 0 Å². The van der Waals surface area contributed by atoms with Crippen LogP contribution < -0.4 is 0 Å². The van der Waals surface area contributed by atoms with Crippen molar-refractivity contribution in [2.45, 2.75) is 30.8 Å². The molecule has 0 radical (unpaired) electrons. The second-order valence-corrected chi connectivity index (χ2v) is 4.64. The maximum absolute atomic E-state index is 9.84. The van der Waals surface area contributed by atoms with Crippen molar-refractivity contribution in [3.05, 3.63) is 35.9 Å². The molecule has 1 fully saturated rings. The van der Waals surface area contributed by atoms with E-state index in [-0.39, 0.29) is 12.6 Å². The SMILES string of the molecule is OC[C@@H](O)[C@H]1[C@@H](O)[C@@H](CO)N1Cc1ccccc1. The Morgan fingerprint density at radius 3 is 2.39 bits per heavy atom. The molecule has 1 aromatic carbocycles. The average molecular weight is 253 g/mol. The van der Waals surface area contributed by atoms with Gasteiger partial charge in [0.15, 0.2) is 0 Å². The van der Waals surface area contributed by atoms with Gasteiger partial charge in [-0.05, 0) is 5.56 Å². The molecule has 2 rings (SSSR count). The fraction of sp³-hybridized carbons (Fsp3) is 0.538. The summed E-state index contributed by atoms with van der Waals surface area (Å²) >= 11 is 0. The molecule has 0 saturated carbocycles. The van der Waals surface area contributed by atoms with Gasteiger partial charge < -0.3 is 20.4 Å². The van der Waals surface area contributed by atoms with Crippen molar-refractivity contribution < 1.29 is 20.4 Å². The summed E-state index contributed by atoms with van der Waals surface area (Å²) < 4.78 is 0. The summed E-state index contributed by atoms with van der Waals surface area (Å²) in [7, 11) is 0. The van der Waals surface area contributed by atoms with Gasteiger partial charge in [-0.3, -0.25) is 4.90 Å². The van der Waals surface area contributed by atoms with Crippen molar-refractivity contribution in [3.63, 3.8) is 0 Å². The quantitative estimate of drug-likeness (QED) is 0.538. The number of hydrogen-bond acceptors (Lipinski definition) is 5. The van der Waals surface area contributed by atoms with Crippen LogP contribution in [0.2, 0.25) is 0 Å². The van der Waals surface area contributed by atoms with Gasteiger partial charge in [0.05, 0.1) is 37.5 Å². The van der Waals surface area contributed by atoms with Crippen molar-refractivity contribution in [2.75, 3.05) is 13.2 Å². The molecule has 0 amide bonds. The lowest BCUT2D eigenvalue weighted by atomic mass is 9.85. The molecule has 100 valence electrons. The molecule has 1 aliphatic heterocycles. The molecule has 4 atom stereocenters. The Morgan fingerprint density at radius 1 is 1.17 bits per heavy atom. The van der Waals surface area contributed by atoms with Gasteiger partial charge in [-0.1, -0.05) is 30.3 Å². The maximum atomic E-state index is 9.84. The van der Waals surface area contributed by atoms with Crippen LogP contribution in [-0.4, -0.2) is 62.8 Å². The molecule has 1 heterocycles. The van der Waals surface area contributed by atoms with Crippen molar-refractivity contribution in [2.24, 2.45) is 0 Å². The molecule has 1 aromatic rings. The van der Waals surface area contributed by atoms with Gasteiger partial charge in [0.25, 0.3) is 0 Å². The second kappa shape index (κ2) is 5.77. The zero-order chi connectivity index (χ0) is 13.1. The van der Waals surface area contributed by atoms with E-state index in [4.69, 9.17) is 5.11 Å². The van der Waals surface area contributed by atoms with Crippen LogP contribution in [0.3, 0.4) is 0 Å². The van der Waals surface area contributed by atoms with Crippen LogP contribution in [0.25, 0.3) is 0 Å². The summed E-state index contributed by atoms with van der Waals surface area (Å²) in [6.45, 7) is -0.0291. The summed E-state index contributed by atoms with van der Waals surface area (Å²) in [4.78, 5) is 1.82. The van der Waals surface area contributed by atoms with E-state index in [1.807, 2.05) is 35.2 Å². The van der Waals surface area contributed by atoms with Crippen LogP contribution in [0.15, 0.2) is 30.3 Å². The van der Waals surface area contributed by atoms with E-state index in [1.54, 1.807) is 0 Å². The van der Waals surface area contributed by atoms with Crippen LogP contribution >= 0.6 is 0 Å². The Labute approximate surface area is 106 Å². The third kappa shape index (κ3) is 2.41. The minimum Gasteiger partial charge on any atom is -0.395 e. The highest BCUT2D eigenvalue weighted by Crippen LogP contribution is 2.30. The van der Waals surface area contributed by atoms with Crippen LogP contribution in [0, 0.1) is 0 Å². The minimum absolute atomic E-state index is 0.164.